The van der Waals surface area contributed by atoms with Crippen molar-refractivity contribution in [3.05, 3.63) is 33.9 Å². The lowest BCUT2D eigenvalue weighted by atomic mass is 10.1. The molecule has 5 nitrogen and oxygen atoms in total. The molecule has 76 valence electrons. The first-order chi connectivity index (χ1) is 6.65. The van der Waals surface area contributed by atoms with E-state index in [1.165, 1.54) is 12.1 Å². The van der Waals surface area contributed by atoms with Crippen LogP contribution >= 0.6 is 0 Å². The number of nitro groups is 1. The van der Waals surface area contributed by atoms with Gasteiger partial charge in [-0.3, -0.25) is 10.1 Å². The van der Waals surface area contributed by atoms with Gasteiger partial charge in [-0.05, 0) is 18.1 Å². The van der Waals surface area contributed by atoms with E-state index in [0.29, 0.717) is 18.7 Å². The van der Waals surface area contributed by atoms with Gasteiger partial charge in [-0.1, -0.05) is 0 Å². The lowest BCUT2D eigenvalue weighted by Gasteiger charge is -2.04. The number of methoxy groups -OCH3 is 1. The molecule has 0 saturated heterocycles. The molecule has 0 heterocycles. The van der Waals surface area contributed by atoms with Crippen molar-refractivity contribution in [1.82, 2.24) is 0 Å². The summed E-state index contributed by atoms with van der Waals surface area (Å²) in [5, 5.41) is 10.5. The van der Waals surface area contributed by atoms with Crippen LogP contribution in [-0.2, 0) is 11.2 Å². The van der Waals surface area contributed by atoms with Crippen LogP contribution in [0.15, 0.2) is 18.2 Å². The quantitative estimate of drug-likeness (QED) is 0.448. The van der Waals surface area contributed by atoms with Gasteiger partial charge in [0.05, 0.1) is 11.5 Å². The Kier molecular flexibility index (Phi) is 3.41. The second kappa shape index (κ2) is 4.57. The fraction of sp³-hybridized carbons (Fsp3) is 0.333. The highest BCUT2D eigenvalue weighted by molar-refractivity contribution is 5.52. The van der Waals surface area contributed by atoms with Gasteiger partial charge in [0.1, 0.15) is 0 Å². The van der Waals surface area contributed by atoms with Crippen LogP contribution < -0.4 is 5.73 Å². The summed E-state index contributed by atoms with van der Waals surface area (Å²) in [4.78, 5) is 10.0. The number of nitro benzene ring substituents is 1. The number of nitrogens with zero attached hydrogens (tertiary/aromatic N) is 1. The smallest absolute Gasteiger partial charge is 0.269 e. The summed E-state index contributed by atoms with van der Waals surface area (Å²) in [6, 6.07) is 4.42. The van der Waals surface area contributed by atoms with Crippen LogP contribution in [0.1, 0.15) is 5.56 Å². The van der Waals surface area contributed by atoms with Crippen LogP contribution in [0.25, 0.3) is 0 Å². The molecule has 0 atom stereocenters. The van der Waals surface area contributed by atoms with Crippen LogP contribution in [-0.4, -0.2) is 18.6 Å². The molecule has 0 aromatic heterocycles. The van der Waals surface area contributed by atoms with E-state index in [1.807, 2.05) is 0 Å². The zero-order chi connectivity index (χ0) is 10.6. The van der Waals surface area contributed by atoms with E-state index in [0.717, 1.165) is 5.56 Å². The maximum atomic E-state index is 10.5. The van der Waals surface area contributed by atoms with E-state index in [2.05, 4.69) is 0 Å². The number of hydrogen-bond donors (Lipinski definition) is 1. The minimum absolute atomic E-state index is 0.0605. The van der Waals surface area contributed by atoms with E-state index < -0.39 is 4.92 Å². The minimum atomic E-state index is -0.435. The first-order valence-electron chi connectivity index (χ1n) is 4.17. The van der Waals surface area contributed by atoms with Gasteiger partial charge in [0, 0.05) is 24.9 Å². The topological polar surface area (TPSA) is 78.4 Å². The fourth-order valence-corrected chi connectivity index (χ4v) is 1.13. The van der Waals surface area contributed by atoms with Gasteiger partial charge in [-0.15, -0.1) is 0 Å². The predicted molar refractivity (Wildman–Crippen MR) is 53.1 cm³/mol. The third kappa shape index (κ3) is 2.43. The zero-order valence-electron chi connectivity index (χ0n) is 7.90. The number of hydrogen-bond acceptors (Lipinski definition) is 4. The third-order valence-corrected chi connectivity index (χ3v) is 1.91. The maximum absolute atomic E-state index is 10.5. The third-order valence-electron chi connectivity index (χ3n) is 1.91. The molecule has 0 amide bonds. The van der Waals surface area contributed by atoms with Crippen molar-refractivity contribution in [2.24, 2.45) is 0 Å². The molecule has 0 spiro atoms. The Morgan fingerprint density at radius 1 is 1.57 bits per heavy atom. The van der Waals surface area contributed by atoms with Crippen molar-refractivity contribution in [3.8, 4) is 0 Å². The van der Waals surface area contributed by atoms with Gasteiger partial charge >= 0.3 is 0 Å². The average molecular weight is 196 g/mol. The summed E-state index contributed by atoms with van der Waals surface area (Å²) in [7, 11) is 1.58. The molecular weight excluding hydrogens is 184 g/mol. The monoisotopic (exact) mass is 196 g/mol. The molecule has 0 fully saturated rings. The summed E-state index contributed by atoms with van der Waals surface area (Å²) < 4.78 is 4.88. The van der Waals surface area contributed by atoms with Crippen LogP contribution in [0.5, 0.6) is 0 Å². The lowest BCUT2D eigenvalue weighted by Crippen LogP contribution is -2.00. The SMILES string of the molecule is COCCc1cc([N+](=O)[O-])ccc1N. The van der Waals surface area contributed by atoms with Crippen LogP contribution in [0, 0.1) is 10.1 Å². The van der Waals surface area contributed by atoms with Gasteiger partial charge in [-0.25, -0.2) is 0 Å². The van der Waals surface area contributed by atoms with E-state index >= 15 is 0 Å². The number of benzene rings is 1. The van der Waals surface area contributed by atoms with Crippen molar-refractivity contribution in [3.63, 3.8) is 0 Å². The van der Waals surface area contributed by atoms with Gasteiger partial charge in [0.2, 0.25) is 0 Å². The molecule has 1 aromatic carbocycles. The molecule has 14 heavy (non-hydrogen) atoms. The second-order valence-corrected chi connectivity index (χ2v) is 2.88. The van der Waals surface area contributed by atoms with Crippen LogP contribution in [0.2, 0.25) is 0 Å². The highest BCUT2D eigenvalue weighted by atomic mass is 16.6. The van der Waals surface area contributed by atoms with Gasteiger partial charge in [0.15, 0.2) is 0 Å². The van der Waals surface area contributed by atoms with Crippen molar-refractivity contribution >= 4 is 11.4 Å². The molecular formula is C9H12N2O3. The zero-order valence-corrected chi connectivity index (χ0v) is 7.90. The number of nitrogen functional groups attached to an aromatic ring is 1. The highest BCUT2D eigenvalue weighted by Gasteiger charge is 2.08. The Bertz CT molecular complexity index is 339. The molecule has 0 saturated carbocycles. The Morgan fingerprint density at radius 3 is 2.86 bits per heavy atom. The molecule has 0 unspecified atom stereocenters. The average Bonchev–Trinajstić information content (AvgIpc) is 2.16. The molecule has 1 aromatic rings. The Balaban J connectivity index is 2.90. The molecule has 0 aliphatic carbocycles. The Morgan fingerprint density at radius 2 is 2.29 bits per heavy atom. The van der Waals surface area contributed by atoms with Gasteiger partial charge < -0.3 is 10.5 Å². The van der Waals surface area contributed by atoms with Gasteiger partial charge in [-0.2, -0.15) is 0 Å². The molecule has 1 rings (SSSR count). The summed E-state index contributed by atoms with van der Waals surface area (Å²) >= 11 is 0. The number of anilines is 1. The normalized spacial score (nSPS) is 10.1. The molecule has 2 N–H and O–H groups in total. The number of nitrogens with two attached hydrogens (primary N) is 1. The van der Waals surface area contributed by atoms with E-state index in [9.17, 15) is 10.1 Å². The largest absolute Gasteiger partial charge is 0.398 e. The Hall–Kier alpha value is -1.62. The number of non-ortho nitro benzene ring substituents is 1. The summed E-state index contributed by atoms with van der Waals surface area (Å²) in [5.74, 6) is 0. The molecule has 0 bridgehead atoms. The van der Waals surface area contributed by atoms with Crippen LogP contribution in [0.4, 0.5) is 11.4 Å². The molecule has 0 radical (unpaired) electrons. The maximum Gasteiger partial charge on any atom is 0.269 e. The summed E-state index contributed by atoms with van der Waals surface area (Å²) in [5.41, 5.74) is 7.03. The molecule has 5 heteroatoms. The van der Waals surface area contributed by atoms with Crippen LogP contribution in [0.3, 0.4) is 0 Å². The highest BCUT2D eigenvalue weighted by Crippen LogP contribution is 2.19. The standard InChI is InChI=1S/C9H12N2O3/c1-14-5-4-7-6-8(11(12)13)2-3-9(7)10/h2-3,6H,4-5,10H2,1H3. The Labute approximate surface area is 81.6 Å². The van der Waals surface area contributed by atoms with Crippen molar-refractivity contribution < 1.29 is 9.66 Å². The molecule has 0 aliphatic rings. The lowest BCUT2D eigenvalue weighted by molar-refractivity contribution is -0.384. The van der Waals surface area contributed by atoms with E-state index in [-0.39, 0.29) is 5.69 Å². The first kappa shape index (κ1) is 10.5. The molecule has 0 aliphatic heterocycles. The van der Waals surface area contributed by atoms with Gasteiger partial charge in [0.25, 0.3) is 5.69 Å². The minimum Gasteiger partial charge on any atom is -0.398 e. The summed E-state index contributed by atoms with van der Waals surface area (Å²) in [6.07, 6.45) is 0.587. The second-order valence-electron chi connectivity index (χ2n) is 2.88. The van der Waals surface area contributed by atoms with E-state index in [4.69, 9.17) is 10.5 Å². The predicted octanol–water partition coefficient (Wildman–Crippen LogP) is 1.37. The first-order valence-corrected chi connectivity index (χ1v) is 4.17. The summed E-state index contributed by atoms with van der Waals surface area (Å²) in [6.45, 7) is 0.505. The van der Waals surface area contributed by atoms with Crippen molar-refractivity contribution in [2.75, 3.05) is 19.5 Å². The fourth-order valence-electron chi connectivity index (χ4n) is 1.13. The van der Waals surface area contributed by atoms with Crippen molar-refractivity contribution in [1.29, 1.82) is 0 Å². The van der Waals surface area contributed by atoms with E-state index in [1.54, 1.807) is 13.2 Å². The van der Waals surface area contributed by atoms with Crippen molar-refractivity contribution in [2.45, 2.75) is 6.42 Å². The number of ether oxygens (including phenoxy) is 1. The number of rotatable bonds is 4.